The molecule has 1 amide bonds. The molecule has 1 aliphatic carbocycles. The molecule has 0 bridgehead atoms. The van der Waals surface area contributed by atoms with E-state index in [0.717, 1.165) is 0 Å². The van der Waals surface area contributed by atoms with Crippen molar-refractivity contribution < 1.29 is 4.79 Å². The fraction of sp³-hybridized carbons (Fsp3) is 0.909. The van der Waals surface area contributed by atoms with E-state index in [1.54, 1.807) is 6.92 Å². The van der Waals surface area contributed by atoms with Crippen molar-refractivity contribution in [2.45, 2.75) is 52.5 Å². The van der Waals surface area contributed by atoms with E-state index in [1.807, 2.05) is 0 Å². The largest absolute Gasteiger partial charge is 0.353 e. The number of rotatable bonds is 2. The minimum atomic E-state index is 0.123. The molecule has 1 saturated carbocycles. The summed E-state index contributed by atoms with van der Waals surface area (Å²) in [5.74, 6) is 1.51. The molecule has 1 aliphatic rings. The Hall–Kier alpha value is -0.530. The highest BCUT2D eigenvalue weighted by Gasteiger charge is 2.27. The topological polar surface area (TPSA) is 29.1 Å². The Morgan fingerprint density at radius 1 is 1.31 bits per heavy atom. The van der Waals surface area contributed by atoms with Crippen molar-refractivity contribution in [3.8, 4) is 0 Å². The highest BCUT2D eigenvalue weighted by Crippen LogP contribution is 2.29. The molecule has 0 spiro atoms. The Balaban J connectivity index is 2.51. The highest BCUT2D eigenvalue weighted by atomic mass is 16.1. The first-order valence-corrected chi connectivity index (χ1v) is 5.38. The molecule has 2 atom stereocenters. The van der Waals surface area contributed by atoms with Gasteiger partial charge in [-0.2, -0.15) is 0 Å². The fourth-order valence-electron chi connectivity index (χ4n) is 2.40. The lowest BCUT2D eigenvalue weighted by Crippen LogP contribution is -2.42. The zero-order valence-electron chi connectivity index (χ0n) is 8.97. The predicted octanol–water partition coefficient (Wildman–Crippen LogP) is 2.34. The zero-order chi connectivity index (χ0) is 9.84. The smallest absolute Gasteiger partial charge is 0.217 e. The molecule has 1 N–H and O–H groups in total. The van der Waals surface area contributed by atoms with Gasteiger partial charge >= 0.3 is 0 Å². The van der Waals surface area contributed by atoms with E-state index in [-0.39, 0.29) is 5.91 Å². The molecule has 1 rings (SSSR count). The quantitative estimate of drug-likeness (QED) is 0.699. The second-order valence-corrected chi connectivity index (χ2v) is 4.50. The van der Waals surface area contributed by atoms with Crippen LogP contribution in [0, 0.1) is 11.8 Å². The first-order valence-electron chi connectivity index (χ1n) is 5.38. The molecular formula is C11H21NO. The van der Waals surface area contributed by atoms with Crippen LogP contribution in [0.1, 0.15) is 46.5 Å². The van der Waals surface area contributed by atoms with E-state index in [9.17, 15) is 4.79 Å². The number of hydrogen-bond acceptors (Lipinski definition) is 1. The lowest BCUT2D eigenvalue weighted by atomic mass is 9.78. The van der Waals surface area contributed by atoms with Gasteiger partial charge < -0.3 is 5.32 Å². The van der Waals surface area contributed by atoms with Crippen LogP contribution in [-0.2, 0) is 4.79 Å². The molecule has 2 heteroatoms. The van der Waals surface area contributed by atoms with E-state index >= 15 is 0 Å². The number of carbonyl (C=O) groups is 1. The number of hydrogen-bond donors (Lipinski definition) is 1. The summed E-state index contributed by atoms with van der Waals surface area (Å²) < 4.78 is 0. The average Bonchev–Trinajstić information content (AvgIpc) is 2.03. The van der Waals surface area contributed by atoms with Gasteiger partial charge in [-0.15, -0.1) is 0 Å². The molecule has 13 heavy (non-hydrogen) atoms. The number of amides is 1. The van der Waals surface area contributed by atoms with Crippen LogP contribution in [-0.4, -0.2) is 11.9 Å². The van der Waals surface area contributed by atoms with Gasteiger partial charge in [0.2, 0.25) is 5.91 Å². The van der Waals surface area contributed by atoms with Crippen molar-refractivity contribution in [1.29, 1.82) is 0 Å². The van der Waals surface area contributed by atoms with Crippen LogP contribution in [0.4, 0.5) is 0 Å². The van der Waals surface area contributed by atoms with Gasteiger partial charge in [0.25, 0.3) is 0 Å². The van der Waals surface area contributed by atoms with Crippen molar-refractivity contribution in [3.05, 3.63) is 0 Å². The summed E-state index contributed by atoms with van der Waals surface area (Å²) in [4.78, 5) is 11.0. The second kappa shape index (κ2) is 4.64. The summed E-state index contributed by atoms with van der Waals surface area (Å²) in [5.41, 5.74) is 0. The maximum atomic E-state index is 11.0. The minimum Gasteiger partial charge on any atom is -0.353 e. The van der Waals surface area contributed by atoms with Gasteiger partial charge in [0.1, 0.15) is 0 Å². The summed E-state index contributed by atoms with van der Waals surface area (Å²) in [6.07, 6.45) is 5.05. The molecule has 0 heterocycles. The van der Waals surface area contributed by atoms with Gasteiger partial charge in [0.05, 0.1) is 0 Å². The standard InChI is InChI=1S/C11H21NO/c1-8(2)10-6-4-5-7-11(10)12-9(3)13/h8,10-11H,4-7H2,1-3H3,(H,12,13)/t10-,11-/m0/s1. The van der Waals surface area contributed by atoms with Crippen molar-refractivity contribution in [1.82, 2.24) is 5.32 Å². The maximum absolute atomic E-state index is 11.0. The van der Waals surface area contributed by atoms with E-state index in [0.29, 0.717) is 17.9 Å². The summed E-state index contributed by atoms with van der Waals surface area (Å²) in [5, 5.41) is 3.07. The lowest BCUT2D eigenvalue weighted by molar-refractivity contribution is -0.120. The molecule has 0 aliphatic heterocycles. The van der Waals surface area contributed by atoms with E-state index < -0.39 is 0 Å². The third-order valence-corrected chi connectivity index (χ3v) is 3.06. The van der Waals surface area contributed by atoms with Gasteiger partial charge in [-0.1, -0.05) is 26.7 Å². The third kappa shape index (κ3) is 3.02. The van der Waals surface area contributed by atoms with Crippen LogP contribution in [0.3, 0.4) is 0 Å². The summed E-state index contributed by atoms with van der Waals surface area (Å²) in [7, 11) is 0. The summed E-state index contributed by atoms with van der Waals surface area (Å²) in [6, 6.07) is 0.436. The van der Waals surface area contributed by atoms with Gasteiger partial charge in [-0.3, -0.25) is 4.79 Å². The second-order valence-electron chi connectivity index (χ2n) is 4.50. The minimum absolute atomic E-state index is 0.123. The molecule has 0 saturated heterocycles. The Bertz CT molecular complexity index is 177. The first-order chi connectivity index (χ1) is 6.11. The first kappa shape index (κ1) is 10.6. The maximum Gasteiger partial charge on any atom is 0.217 e. The fourth-order valence-corrected chi connectivity index (χ4v) is 2.40. The van der Waals surface area contributed by atoms with Crippen LogP contribution in [0.2, 0.25) is 0 Å². The Labute approximate surface area is 81.1 Å². The van der Waals surface area contributed by atoms with E-state index in [1.165, 1.54) is 25.7 Å². The van der Waals surface area contributed by atoms with Crippen LogP contribution in [0.15, 0.2) is 0 Å². The zero-order valence-corrected chi connectivity index (χ0v) is 8.97. The third-order valence-electron chi connectivity index (χ3n) is 3.06. The Kier molecular flexibility index (Phi) is 3.76. The van der Waals surface area contributed by atoms with Crippen molar-refractivity contribution in [3.63, 3.8) is 0 Å². The molecule has 2 nitrogen and oxygen atoms in total. The summed E-state index contributed by atoms with van der Waals surface area (Å²) in [6.45, 7) is 6.13. The molecule has 0 aromatic carbocycles. The van der Waals surface area contributed by atoms with Crippen LogP contribution >= 0.6 is 0 Å². The van der Waals surface area contributed by atoms with Crippen molar-refractivity contribution in [2.24, 2.45) is 11.8 Å². The molecule has 0 unspecified atom stereocenters. The lowest BCUT2D eigenvalue weighted by Gasteiger charge is -2.34. The van der Waals surface area contributed by atoms with Crippen LogP contribution < -0.4 is 5.32 Å². The highest BCUT2D eigenvalue weighted by molar-refractivity contribution is 5.73. The molecule has 0 aromatic heterocycles. The predicted molar refractivity (Wildman–Crippen MR) is 54.4 cm³/mol. The normalized spacial score (nSPS) is 28.9. The van der Waals surface area contributed by atoms with E-state index in [4.69, 9.17) is 0 Å². The Morgan fingerprint density at radius 2 is 1.92 bits per heavy atom. The van der Waals surface area contributed by atoms with E-state index in [2.05, 4.69) is 19.2 Å². The van der Waals surface area contributed by atoms with Crippen molar-refractivity contribution in [2.75, 3.05) is 0 Å². The summed E-state index contributed by atoms with van der Waals surface area (Å²) >= 11 is 0. The Morgan fingerprint density at radius 3 is 2.46 bits per heavy atom. The molecule has 0 radical (unpaired) electrons. The van der Waals surface area contributed by atoms with Gasteiger partial charge in [0.15, 0.2) is 0 Å². The molecule has 76 valence electrons. The van der Waals surface area contributed by atoms with Crippen LogP contribution in [0.5, 0.6) is 0 Å². The number of carbonyl (C=O) groups excluding carboxylic acids is 1. The molecular weight excluding hydrogens is 162 g/mol. The SMILES string of the molecule is CC(=O)N[C@H]1CCCC[C@H]1C(C)C. The average molecular weight is 183 g/mol. The van der Waals surface area contributed by atoms with Gasteiger partial charge in [-0.05, 0) is 24.7 Å². The molecule has 1 fully saturated rings. The monoisotopic (exact) mass is 183 g/mol. The van der Waals surface area contributed by atoms with Gasteiger partial charge in [0, 0.05) is 13.0 Å². The molecule has 0 aromatic rings. The van der Waals surface area contributed by atoms with Gasteiger partial charge in [-0.25, -0.2) is 0 Å². The van der Waals surface area contributed by atoms with Crippen LogP contribution in [0.25, 0.3) is 0 Å². The number of nitrogens with one attached hydrogen (secondary N) is 1. The van der Waals surface area contributed by atoms with Crippen molar-refractivity contribution >= 4 is 5.91 Å².